The van der Waals surface area contributed by atoms with Crippen molar-refractivity contribution < 1.29 is 20.4 Å². The van der Waals surface area contributed by atoms with E-state index in [-0.39, 0.29) is 35.2 Å². The summed E-state index contributed by atoms with van der Waals surface area (Å²) in [5.74, 6) is 0.00785. The number of hydrogen-bond acceptors (Lipinski definition) is 4. The first kappa shape index (κ1) is 17.0. The predicted octanol–water partition coefficient (Wildman–Crippen LogP) is 1.86. The van der Waals surface area contributed by atoms with Gasteiger partial charge in [0.25, 0.3) is 0 Å². The van der Waals surface area contributed by atoms with Gasteiger partial charge < -0.3 is 20.4 Å². The summed E-state index contributed by atoms with van der Waals surface area (Å²) in [6, 6.07) is 0. The lowest BCUT2D eigenvalue weighted by Gasteiger charge is -2.66. The zero-order valence-electron chi connectivity index (χ0n) is 14.9. The Balaban J connectivity index is 1.83. The maximum Gasteiger partial charge on any atom is 0.0717 e. The highest BCUT2D eigenvalue weighted by atomic mass is 16.3. The molecule has 4 nitrogen and oxygen atoms in total. The fraction of sp³-hybridized carbons (Fsp3) is 0.900. The average molecular weight is 336 g/mol. The zero-order chi connectivity index (χ0) is 17.5. The summed E-state index contributed by atoms with van der Waals surface area (Å²) in [6.45, 7) is 8.68. The van der Waals surface area contributed by atoms with Crippen LogP contribution in [0.3, 0.4) is 0 Å². The normalized spacial score (nSPS) is 59.8. The lowest BCUT2D eigenvalue weighted by Crippen LogP contribution is -2.67. The summed E-state index contributed by atoms with van der Waals surface area (Å²) in [5, 5.41) is 43.0. The van der Waals surface area contributed by atoms with Gasteiger partial charge in [-0.05, 0) is 54.8 Å². The quantitative estimate of drug-likeness (QED) is 0.551. The molecule has 4 N–H and O–H groups in total. The van der Waals surface area contributed by atoms with Crippen LogP contribution in [0.5, 0.6) is 0 Å². The van der Waals surface area contributed by atoms with Gasteiger partial charge >= 0.3 is 0 Å². The number of aliphatic hydroxyl groups excluding tert-OH is 4. The number of fused-ring (bicyclic) bond motifs is 3. The first-order valence-corrected chi connectivity index (χ1v) is 9.53. The largest absolute Gasteiger partial charge is 0.396 e. The Morgan fingerprint density at radius 2 is 1.79 bits per heavy atom. The minimum atomic E-state index is -0.700. The van der Waals surface area contributed by atoms with Gasteiger partial charge in [-0.1, -0.05) is 32.4 Å². The molecule has 136 valence electrons. The van der Waals surface area contributed by atoms with Crippen molar-refractivity contribution in [3.8, 4) is 0 Å². The second-order valence-corrected chi connectivity index (χ2v) is 9.75. The summed E-state index contributed by atoms with van der Waals surface area (Å²) in [5.41, 5.74) is 0.101. The molecular weight excluding hydrogens is 304 g/mol. The lowest BCUT2D eigenvalue weighted by atomic mass is 9.39. The van der Waals surface area contributed by atoms with Gasteiger partial charge in [-0.15, -0.1) is 0 Å². The maximum absolute atomic E-state index is 11.2. The molecule has 4 rings (SSSR count). The molecule has 0 unspecified atom stereocenters. The first-order valence-electron chi connectivity index (χ1n) is 9.53. The Labute approximate surface area is 144 Å². The molecule has 9 atom stereocenters. The van der Waals surface area contributed by atoms with Crippen molar-refractivity contribution in [2.24, 2.45) is 34.0 Å². The summed E-state index contributed by atoms with van der Waals surface area (Å²) in [6.07, 6.45) is 3.12. The molecule has 0 saturated heterocycles. The Morgan fingerprint density at radius 1 is 1.08 bits per heavy atom. The van der Waals surface area contributed by atoms with E-state index in [0.717, 1.165) is 24.8 Å². The molecule has 1 spiro atoms. The molecule has 4 heteroatoms. The molecule has 0 heterocycles. The van der Waals surface area contributed by atoms with Crippen LogP contribution in [0.4, 0.5) is 0 Å². The standard InChI is InChI=1S/C20H32O4/c1-11-9-20-14(7-12(22)16(11)17(20)24)19(3)6-4-5-18(2,10-21)13(19)8-15(20)23/h12-17,21-24H,1,4-10H2,2-3H3/t12-,13+,14-,15+,16+,17+,18+,19+,20-/m0/s1. The lowest BCUT2D eigenvalue weighted by molar-refractivity contribution is -0.249. The van der Waals surface area contributed by atoms with E-state index in [4.69, 9.17) is 0 Å². The van der Waals surface area contributed by atoms with E-state index in [1.807, 2.05) is 0 Å². The molecule has 4 aliphatic rings. The molecule has 0 aromatic heterocycles. The second kappa shape index (κ2) is 5.06. The van der Waals surface area contributed by atoms with Crippen LogP contribution in [0.25, 0.3) is 0 Å². The van der Waals surface area contributed by atoms with Crippen LogP contribution < -0.4 is 0 Å². The van der Waals surface area contributed by atoms with E-state index in [2.05, 4.69) is 20.4 Å². The summed E-state index contributed by atoms with van der Waals surface area (Å²) in [4.78, 5) is 0. The van der Waals surface area contributed by atoms with Crippen LogP contribution in [0.15, 0.2) is 12.2 Å². The van der Waals surface area contributed by atoms with E-state index in [1.165, 1.54) is 0 Å². The van der Waals surface area contributed by atoms with Crippen LogP contribution >= 0.6 is 0 Å². The zero-order valence-corrected chi connectivity index (χ0v) is 14.9. The monoisotopic (exact) mass is 336 g/mol. The fourth-order valence-corrected chi connectivity index (χ4v) is 7.64. The molecule has 24 heavy (non-hydrogen) atoms. The van der Waals surface area contributed by atoms with Crippen molar-refractivity contribution in [2.75, 3.05) is 6.61 Å². The van der Waals surface area contributed by atoms with Gasteiger partial charge in [0.1, 0.15) is 0 Å². The van der Waals surface area contributed by atoms with Crippen LogP contribution in [0.2, 0.25) is 0 Å². The fourth-order valence-electron chi connectivity index (χ4n) is 7.64. The molecule has 0 amide bonds. The van der Waals surface area contributed by atoms with E-state index >= 15 is 0 Å². The van der Waals surface area contributed by atoms with Crippen molar-refractivity contribution in [2.45, 2.75) is 70.7 Å². The number of rotatable bonds is 1. The van der Waals surface area contributed by atoms with Crippen molar-refractivity contribution >= 4 is 0 Å². The molecule has 2 bridgehead atoms. The third kappa shape index (κ3) is 1.78. The Morgan fingerprint density at radius 3 is 2.46 bits per heavy atom. The Kier molecular flexibility index (Phi) is 3.59. The van der Waals surface area contributed by atoms with Gasteiger partial charge in [0.2, 0.25) is 0 Å². The summed E-state index contributed by atoms with van der Waals surface area (Å²) in [7, 11) is 0. The number of aliphatic hydroxyl groups is 4. The second-order valence-electron chi connectivity index (χ2n) is 9.75. The van der Waals surface area contributed by atoms with E-state index in [1.54, 1.807) is 0 Å². The van der Waals surface area contributed by atoms with Gasteiger partial charge in [-0.3, -0.25) is 0 Å². The first-order chi connectivity index (χ1) is 11.2. The average Bonchev–Trinajstić information content (AvgIpc) is 2.70. The molecule has 0 aromatic rings. The van der Waals surface area contributed by atoms with Gasteiger partial charge in [0.15, 0.2) is 0 Å². The van der Waals surface area contributed by atoms with E-state index < -0.39 is 23.7 Å². The van der Waals surface area contributed by atoms with Crippen LogP contribution in [-0.2, 0) is 0 Å². The SMILES string of the molecule is C=C1C[C@@]23[C@H](O)C[C@@H]4[C@@](C)(CO)CCC[C@@]4(C)[C@@H]2C[C@H](O)[C@@H]1[C@H]3O. The molecule has 4 fully saturated rings. The molecule has 4 saturated carbocycles. The van der Waals surface area contributed by atoms with Gasteiger partial charge in [-0.25, -0.2) is 0 Å². The molecular formula is C20H32O4. The minimum Gasteiger partial charge on any atom is -0.396 e. The van der Waals surface area contributed by atoms with Crippen molar-refractivity contribution in [3.63, 3.8) is 0 Å². The summed E-state index contributed by atoms with van der Waals surface area (Å²) >= 11 is 0. The molecule has 0 aromatic carbocycles. The van der Waals surface area contributed by atoms with Gasteiger partial charge in [0.05, 0.1) is 18.3 Å². The van der Waals surface area contributed by atoms with Crippen LogP contribution in [-0.4, -0.2) is 45.3 Å². The number of hydrogen-bond donors (Lipinski definition) is 4. The highest BCUT2D eigenvalue weighted by molar-refractivity contribution is 5.29. The molecule has 0 aliphatic heterocycles. The predicted molar refractivity (Wildman–Crippen MR) is 91.1 cm³/mol. The van der Waals surface area contributed by atoms with E-state index in [9.17, 15) is 20.4 Å². The third-order valence-corrected chi connectivity index (χ3v) is 8.77. The van der Waals surface area contributed by atoms with Crippen molar-refractivity contribution in [3.05, 3.63) is 12.2 Å². The molecule has 0 radical (unpaired) electrons. The van der Waals surface area contributed by atoms with Crippen molar-refractivity contribution in [1.29, 1.82) is 0 Å². The highest BCUT2D eigenvalue weighted by Gasteiger charge is 2.71. The third-order valence-electron chi connectivity index (χ3n) is 8.77. The van der Waals surface area contributed by atoms with Crippen molar-refractivity contribution in [1.82, 2.24) is 0 Å². The van der Waals surface area contributed by atoms with Crippen LogP contribution in [0.1, 0.15) is 52.4 Å². The smallest absolute Gasteiger partial charge is 0.0717 e. The van der Waals surface area contributed by atoms with Gasteiger partial charge in [-0.2, -0.15) is 0 Å². The van der Waals surface area contributed by atoms with Crippen LogP contribution in [0, 0.1) is 34.0 Å². The topological polar surface area (TPSA) is 80.9 Å². The minimum absolute atomic E-state index is 0.0630. The van der Waals surface area contributed by atoms with E-state index in [0.29, 0.717) is 19.3 Å². The summed E-state index contributed by atoms with van der Waals surface area (Å²) < 4.78 is 0. The maximum atomic E-state index is 11.2. The molecule has 4 aliphatic carbocycles. The van der Waals surface area contributed by atoms with Gasteiger partial charge in [0, 0.05) is 17.9 Å². The highest BCUT2D eigenvalue weighted by Crippen LogP contribution is 2.71. The Hall–Kier alpha value is -0.420. The Bertz CT molecular complexity index is 562.